The zero-order valence-corrected chi connectivity index (χ0v) is 12.3. The second-order valence-electron chi connectivity index (χ2n) is 4.78. The van der Waals surface area contributed by atoms with E-state index >= 15 is 0 Å². The number of anilines is 1. The SMILES string of the molecule is C=C(OC)c1scc(C)c1NC(=O)CN1CCCC1. The van der Waals surface area contributed by atoms with Crippen molar-refractivity contribution in [1.29, 1.82) is 0 Å². The summed E-state index contributed by atoms with van der Waals surface area (Å²) in [6.45, 7) is 8.34. The summed E-state index contributed by atoms with van der Waals surface area (Å²) in [6, 6.07) is 0. The highest BCUT2D eigenvalue weighted by Gasteiger charge is 2.18. The Morgan fingerprint density at radius 2 is 2.21 bits per heavy atom. The van der Waals surface area contributed by atoms with E-state index in [2.05, 4.69) is 16.8 Å². The lowest BCUT2D eigenvalue weighted by atomic mass is 10.2. The fraction of sp³-hybridized carbons (Fsp3) is 0.500. The number of ether oxygens (including phenoxy) is 1. The number of hydrogen-bond donors (Lipinski definition) is 1. The van der Waals surface area contributed by atoms with Crippen molar-refractivity contribution >= 4 is 28.7 Å². The zero-order chi connectivity index (χ0) is 13.8. The molecule has 0 atom stereocenters. The molecule has 0 aliphatic carbocycles. The molecule has 19 heavy (non-hydrogen) atoms. The van der Waals surface area contributed by atoms with Crippen LogP contribution in [0.5, 0.6) is 0 Å². The third kappa shape index (κ3) is 3.36. The van der Waals surface area contributed by atoms with Crippen LogP contribution in [-0.2, 0) is 9.53 Å². The molecule has 2 heterocycles. The Hall–Kier alpha value is -1.33. The summed E-state index contributed by atoms with van der Waals surface area (Å²) >= 11 is 1.54. The Bertz CT molecular complexity index is 476. The van der Waals surface area contributed by atoms with Gasteiger partial charge in [0.05, 0.1) is 24.2 Å². The van der Waals surface area contributed by atoms with Crippen LogP contribution in [0.15, 0.2) is 12.0 Å². The Morgan fingerprint density at radius 3 is 2.84 bits per heavy atom. The molecule has 1 aliphatic rings. The second-order valence-corrected chi connectivity index (χ2v) is 5.66. The molecule has 1 fully saturated rings. The smallest absolute Gasteiger partial charge is 0.238 e. The molecule has 0 aromatic carbocycles. The van der Waals surface area contributed by atoms with Crippen LogP contribution in [0.2, 0.25) is 0 Å². The van der Waals surface area contributed by atoms with E-state index in [1.807, 2.05) is 12.3 Å². The summed E-state index contributed by atoms with van der Waals surface area (Å²) in [4.78, 5) is 15.1. The van der Waals surface area contributed by atoms with Crippen LogP contribution >= 0.6 is 11.3 Å². The highest BCUT2D eigenvalue weighted by Crippen LogP contribution is 2.33. The molecule has 104 valence electrons. The summed E-state index contributed by atoms with van der Waals surface area (Å²) in [5.41, 5.74) is 1.88. The van der Waals surface area contributed by atoms with Gasteiger partial charge in [-0.05, 0) is 43.8 Å². The molecule has 0 bridgehead atoms. The van der Waals surface area contributed by atoms with Crippen LogP contribution in [0.4, 0.5) is 5.69 Å². The summed E-state index contributed by atoms with van der Waals surface area (Å²) in [5.74, 6) is 0.628. The third-order valence-corrected chi connectivity index (χ3v) is 4.44. The normalized spacial score (nSPS) is 15.5. The Kier molecular flexibility index (Phi) is 4.61. The lowest BCUT2D eigenvalue weighted by molar-refractivity contribution is -0.117. The van der Waals surface area contributed by atoms with Crippen molar-refractivity contribution in [3.63, 3.8) is 0 Å². The molecule has 1 aromatic rings. The van der Waals surface area contributed by atoms with Crippen LogP contribution in [0.1, 0.15) is 23.3 Å². The van der Waals surface area contributed by atoms with Gasteiger partial charge in [-0.3, -0.25) is 9.69 Å². The minimum atomic E-state index is 0.0357. The van der Waals surface area contributed by atoms with Crippen LogP contribution in [0.25, 0.3) is 5.76 Å². The molecular formula is C14H20N2O2S. The molecule has 0 saturated carbocycles. The lowest BCUT2D eigenvalue weighted by Crippen LogP contribution is -2.31. The Morgan fingerprint density at radius 1 is 1.53 bits per heavy atom. The number of nitrogens with one attached hydrogen (secondary N) is 1. The maximum absolute atomic E-state index is 12.1. The van der Waals surface area contributed by atoms with Gasteiger partial charge in [0.2, 0.25) is 5.91 Å². The molecule has 1 saturated heterocycles. The third-order valence-electron chi connectivity index (χ3n) is 3.30. The number of carbonyl (C=O) groups is 1. The van der Waals surface area contributed by atoms with Crippen molar-refractivity contribution in [2.45, 2.75) is 19.8 Å². The number of aryl methyl sites for hydroxylation is 1. The van der Waals surface area contributed by atoms with Gasteiger partial charge in [0.25, 0.3) is 0 Å². The molecule has 4 nitrogen and oxygen atoms in total. The molecule has 1 N–H and O–H groups in total. The first-order valence-corrected chi connectivity index (χ1v) is 7.33. The van der Waals surface area contributed by atoms with Crippen LogP contribution in [-0.4, -0.2) is 37.6 Å². The van der Waals surface area contributed by atoms with E-state index < -0.39 is 0 Å². The zero-order valence-electron chi connectivity index (χ0n) is 11.5. The van der Waals surface area contributed by atoms with Gasteiger partial charge in [-0.1, -0.05) is 6.58 Å². The van der Waals surface area contributed by atoms with Crippen molar-refractivity contribution in [3.8, 4) is 0 Å². The standard InChI is InChI=1S/C14H20N2O2S/c1-10-9-19-14(11(2)18-3)13(10)15-12(17)8-16-6-4-5-7-16/h9H,2,4-8H2,1,3H3,(H,15,17). The first-order valence-electron chi connectivity index (χ1n) is 6.45. The topological polar surface area (TPSA) is 41.6 Å². The molecule has 1 aliphatic heterocycles. The van der Waals surface area contributed by atoms with E-state index in [0.717, 1.165) is 29.2 Å². The van der Waals surface area contributed by atoms with E-state index in [4.69, 9.17) is 4.74 Å². The van der Waals surface area contributed by atoms with E-state index in [0.29, 0.717) is 12.3 Å². The van der Waals surface area contributed by atoms with Crippen LogP contribution < -0.4 is 5.32 Å². The van der Waals surface area contributed by atoms with E-state index in [1.165, 1.54) is 12.8 Å². The van der Waals surface area contributed by atoms with E-state index in [-0.39, 0.29) is 5.91 Å². The number of hydrogen-bond acceptors (Lipinski definition) is 4. The number of carbonyl (C=O) groups excluding carboxylic acids is 1. The largest absolute Gasteiger partial charge is 0.496 e. The summed E-state index contributed by atoms with van der Waals surface area (Å²) in [5, 5.41) is 4.99. The predicted octanol–water partition coefficient (Wildman–Crippen LogP) is 2.71. The average molecular weight is 280 g/mol. The minimum Gasteiger partial charge on any atom is -0.496 e. The van der Waals surface area contributed by atoms with Gasteiger partial charge in [-0.2, -0.15) is 0 Å². The van der Waals surface area contributed by atoms with Crippen LogP contribution in [0, 0.1) is 6.92 Å². The molecular weight excluding hydrogens is 260 g/mol. The van der Waals surface area contributed by atoms with Crippen molar-refractivity contribution in [2.75, 3.05) is 32.1 Å². The molecule has 2 rings (SSSR count). The highest BCUT2D eigenvalue weighted by molar-refractivity contribution is 7.11. The molecule has 1 amide bonds. The highest BCUT2D eigenvalue weighted by atomic mass is 32.1. The maximum atomic E-state index is 12.1. The number of methoxy groups -OCH3 is 1. The predicted molar refractivity (Wildman–Crippen MR) is 79.4 cm³/mol. The van der Waals surface area contributed by atoms with Gasteiger partial charge in [-0.25, -0.2) is 0 Å². The fourth-order valence-electron chi connectivity index (χ4n) is 2.22. The fourth-order valence-corrected chi connectivity index (χ4v) is 3.18. The van der Waals surface area contributed by atoms with Gasteiger partial charge in [-0.15, -0.1) is 11.3 Å². The van der Waals surface area contributed by atoms with E-state index in [9.17, 15) is 4.79 Å². The first-order chi connectivity index (χ1) is 9.11. The number of nitrogens with zero attached hydrogens (tertiary/aromatic N) is 1. The van der Waals surface area contributed by atoms with Gasteiger partial charge in [0.15, 0.2) is 0 Å². The van der Waals surface area contributed by atoms with Crippen molar-refractivity contribution in [3.05, 3.63) is 22.4 Å². The van der Waals surface area contributed by atoms with Gasteiger partial charge < -0.3 is 10.1 Å². The molecule has 0 spiro atoms. The van der Waals surface area contributed by atoms with Gasteiger partial charge in [0.1, 0.15) is 5.76 Å². The van der Waals surface area contributed by atoms with Crippen molar-refractivity contribution in [1.82, 2.24) is 4.90 Å². The monoisotopic (exact) mass is 280 g/mol. The molecule has 0 unspecified atom stereocenters. The molecule has 5 heteroatoms. The average Bonchev–Trinajstić information content (AvgIpc) is 3.00. The second kappa shape index (κ2) is 6.21. The number of likely N-dealkylation sites (tertiary alicyclic amines) is 1. The Labute approximate surface area is 118 Å². The summed E-state index contributed by atoms with van der Waals surface area (Å²) in [7, 11) is 1.59. The Balaban J connectivity index is 2.03. The van der Waals surface area contributed by atoms with Crippen LogP contribution in [0.3, 0.4) is 0 Å². The summed E-state index contributed by atoms with van der Waals surface area (Å²) in [6.07, 6.45) is 2.38. The van der Waals surface area contributed by atoms with Gasteiger partial charge >= 0.3 is 0 Å². The van der Waals surface area contributed by atoms with Gasteiger partial charge in [0, 0.05) is 0 Å². The number of rotatable bonds is 5. The first kappa shape index (κ1) is 14.1. The molecule has 0 radical (unpaired) electrons. The lowest BCUT2D eigenvalue weighted by Gasteiger charge is -2.15. The quantitative estimate of drug-likeness (QED) is 0.843. The minimum absolute atomic E-state index is 0.0357. The van der Waals surface area contributed by atoms with Crippen molar-refractivity contribution < 1.29 is 9.53 Å². The molecule has 1 aromatic heterocycles. The summed E-state index contributed by atoms with van der Waals surface area (Å²) < 4.78 is 5.16. The van der Waals surface area contributed by atoms with E-state index in [1.54, 1.807) is 18.4 Å². The van der Waals surface area contributed by atoms with Crippen molar-refractivity contribution in [2.24, 2.45) is 0 Å². The number of amides is 1. The maximum Gasteiger partial charge on any atom is 0.238 e. The number of thiophene rings is 1.